The highest BCUT2D eigenvalue weighted by Crippen LogP contribution is 2.46. The van der Waals surface area contributed by atoms with Crippen molar-refractivity contribution in [1.82, 2.24) is 0 Å². The molecule has 0 saturated carbocycles. The lowest BCUT2D eigenvalue weighted by atomic mass is 10.2. The van der Waals surface area contributed by atoms with Crippen LogP contribution in [0, 0.1) is 5.92 Å². The van der Waals surface area contributed by atoms with Gasteiger partial charge in [-0.3, -0.25) is 0 Å². The molecule has 18 heavy (non-hydrogen) atoms. The maximum Gasteiger partial charge on any atom is 0.459 e. The van der Waals surface area contributed by atoms with E-state index in [-0.39, 0.29) is 5.92 Å². The molecule has 0 aromatic heterocycles. The molecule has 0 radical (unpaired) electrons. The van der Waals surface area contributed by atoms with Gasteiger partial charge in [0, 0.05) is 6.21 Å². The van der Waals surface area contributed by atoms with Crippen molar-refractivity contribution in [3.63, 3.8) is 0 Å². The van der Waals surface area contributed by atoms with Crippen LogP contribution < -0.4 is 0 Å². The van der Waals surface area contributed by atoms with Crippen LogP contribution in [0.2, 0.25) is 0 Å². The van der Waals surface area contributed by atoms with E-state index in [1.165, 1.54) is 13.8 Å². The van der Waals surface area contributed by atoms with Gasteiger partial charge in [0.05, 0.1) is 0 Å². The second-order valence-electron chi connectivity index (χ2n) is 3.74. The van der Waals surface area contributed by atoms with Gasteiger partial charge in [0.15, 0.2) is 0 Å². The van der Waals surface area contributed by atoms with E-state index in [0.717, 1.165) is 6.21 Å². The van der Waals surface area contributed by atoms with Gasteiger partial charge in [-0.15, -0.1) is 0 Å². The highest BCUT2D eigenvalue weighted by Gasteiger charge is 2.73. The first kappa shape index (κ1) is 17.3. The minimum absolute atomic E-state index is 0.300. The van der Waals surface area contributed by atoms with E-state index in [4.69, 9.17) is 0 Å². The van der Waals surface area contributed by atoms with E-state index in [0.29, 0.717) is 0 Å². The summed E-state index contributed by atoms with van der Waals surface area (Å²) in [7, 11) is -2.85. The van der Waals surface area contributed by atoms with E-state index in [2.05, 4.69) is 4.40 Å². The standard InChI is InChI=1S/C8H10F7NOS/c1-5(2)3-16-18(17)4-6(9,10)7(11,12)8(13,14)15/h3,5H,4H2,1-2H3/b16-3+. The van der Waals surface area contributed by atoms with Crippen molar-refractivity contribution in [3.05, 3.63) is 0 Å². The van der Waals surface area contributed by atoms with Crippen LogP contribution in [0.5, 0.6) is 0 Å². The monoisotopic (exact) mass is 301 g/mol. The molecule has 10 heteroatoms. The first-order valence-electron chi connectivity index (χ1n) is 4.56. The normalized spacial score (nSPS) is 16.6. The van der Waals surface area contributed by atoms with Crippen LogP contribution in [0.1, 0.15) is 13.8 Å². The number of halogens is 7. The van der Waals surface area contributed by atoms with Crippen molar-refractivity contribution >= 4 is 17.2 Å². The molecule has 0 aliphatic carbocycles. The van der Waals surface area contributed by atoms with E-state index < -0.39 is 34.8 Å². The minimum Gasteiger partial charge on any atom is -0.235 e. The van der Waals surface area contributed by atoms with Gasteiger partial charge >= 0.3 is 18.0 Å². The highest BCUT2D eigenvalue weighted by atomic mass is 32.2. The van der Waals surface area contributed by atoms with Crippen LogP contribution in [-0.2, 0) is 11.0 Å². The first-order valence-corrected chi connectivity index (χ1v) is 5.84. The van der Waals surface area contributed by atoms with Crippen LogP contribution in [0.4, 0.5) is 30.7 Å². The zero-order chi connectivity index (χ0) is 14.8. The topological polar surface area (TPSA) is 29.4 Å². The smallest absolute Gasteiger partial charge is 0.235 e. The third-order valence-electron chi connectivity index (χ3n) is 1.60. The Labute approximate surface area is 101 Å². The van der Waals surface area contributed by atoms with Crippen LogP contribution in [0.3, 0.4) is 0 Å². The molecule has 0 bridgehead atoms. The van der Waals surface area contributed by atoms with E-state index >= 15 is 0 Å². The Bertz CT molecular complexity index is 337. The lowest BCUT2D eigenvalue weighted by Crippen LogP contribution is -2.54. The van der Waals surface area contributed by atoms with Crippen LogP contribution >= 0.6 is 0 Å². The summed E-state index contributed by atoms with van der Waals surface area (Å²) in [6.45, 7) is 3.06. The Hall–Kier alpha value is -0.670. The Morgan fingerprint density at radius 1 is 1.11 bits per heavy atom. The lowest BCUT2D eigenvalue weighted by Gasteiger charge is -2.27. The fraction of sp³-hybridized carbons (Fsp3) is 0.875. The molecule has 1 atom stereocenters. The van der Waals surface area contributed by atoms with Gasteiger partial charge in [0.2, 0.25) is 0 Å². The van der Waals surface area contributed by atoms with Gasteiger partial charge in [-0.1, -0.05) is 13.8 Å². The summed E-state index contributed by atoms with van der Waals surface area (Å²) in [4.78, 5) is 0. The molecule has 0 saturated heterocycles. The highest BCUT2D eigenvalue weighted by molar-refractivity contribution is 7.83. The molecule has 0 aliphatic heterocycles. The van der Waals surface area contributed by atoms with Gasteiger partial charge in [-0.2, -0.15) is 35.1 Å². The fourth-order valence-corrected chi connectivity index (χ4v) is 1.63. The number of hydrogen-bond acceptors (Lipinski definition) is 1. The van der Waals surface area contributed by atoms with Gasteiger partial charge in [-0.25, -0.2) is 4.21 Å². The molecule has 0 aliphatic rings. The van der Waals surface area contributed by atoms with Crippen LogP contribution in [-0.4, -0.2) is 34.2 Å². The Kier molecular flexibility index (Phi) is 5.33. The summed E-state index contributed by atoms with van der Waals surface area (Å²) in [6, 6.07) is 0. The van der Waals surface area contributed by atoms with Crippen molar-refractivity contribution < 1.29 is 34.9 Å². The second kappa shape index (κ2) is 5.54. The minimum atomic E-state index is -6.41. The van der Waals surface area contributed by atoms with Crippen molar-refractivity contribution in [2.45, 2.75) is 31.9 Å². The van der Waals surface area contributed by atoms with Gasteiger partial charge in [0.1, 0.15) is 16.7 Å². The average molecular weight is 301 g/mol. The molecule has 0 rings (SSSR count). The zero-order valence-electron chi connectivity index (χ0n) is 9.27. The average Bonchev–Trinajstić information content (AvgIpc) is 2.11. The van der Waals surface area contributed by atoms with Crippen LogP contribution in [0.15, 0.2) is 4.40 Å². The zero-order valence-corrected chi connectivity index (χ0v) is 10.1. The summed E-state index contributed by atoms with van der Waals surface area (Å²) in [5, 5.41) is 0. The molecule has 0 N–H and O–H groups in total. The maximum atomic E-state index is 12.7. The Balaban J connectivity index is 4.92. The molecule has 0 amide bonds. The number of hydrogen-bond donors (Lipinski definition) is 0. The second-order valence-corrected chi connectivity index (χ2v) is 4.88. The summed E-state index contributed by atoms with van der Waals surface area (Å²) >= 11 is 0. The number of nitrogens with zero attached hydrogens (tertiary/aromatic N) is 1. The van der Waals surface area contributed by atoms with E-state index in [9.17, 15) is 34.9 Å². The third kappa shape index (κ3) is 4.21. The molecular weight excluding hydrogens is 291 g/mol. The SMILES string of the molecule is CC(C)/C=N/S(=O)CC(F)(F)C(F)(F)C(F)(F)F. The predicted octanol–water partition coefficient (Wildman–Crippen LogP) is 3.21. The largest absolute Gasteiger partial charge is 0.459 e. The van der Waals surface area contributed by atoms with E-state index in [1.807, 2.05) is 0 Å². The summed E-state index contributed by atoms with van der Waals surface area (Å²) in [5.41, 5.74) is 0. The van der Waals surface area contributed by atoms with Crippen molar-refractivity contribution in [1.29, 1.82) is 0 Å². The quantitative estimate of drug-likeness (QED) is 0.566. The first-order chi connectivity index (χ1) is 7.81. The van der Waals surface area contributed by atoms with Gasteiger partial charge in [0.25, 0.3) is 0 Å². The van der Waals surface area contributed by atoms with Gasteiger partial charge in [-0.05, 0) is 5.92 Å². The molecule has 1 unspecified atom stereocenters. The van der Waals surface area contributed by atoms with Crippen molar-refractivity contribution in [3.8, 4) is 0 Å². The van der Waals surface area contributed by atoms with Crippen molar-refractivity contribution in [2.24, 2.45) is 10.3 Å². The lowest BCUT2D eigenvalue weighted by molar-refractivity contribution is -0.348. The third-order valence-corrected chi connectivity index (χ3v) is 2.56. The summed E-state index contributed by atoms with van der Waals surface area (Å²) in [5.74, 6) is -14.2. The molecule has 0 fully saturated rings. The Morgan fingerprint density at radius 3 is 1.89 bits per heavy atom. The van der Waals surface area contributed by atoms with Crippen molar-refractivity contribution in [2.75, 3.05) is 5.75 Å². The molecule has 108 valence electrons. The maximum absolute atomic E-state index is 12.7. The molecule has 0 aromatic rings. The number of rotatable bonds is 5. The van der Waals surface area contributed by atoms with Crippen LogP contribution in [0.25, 0.3) is 0 Å². The number of alkyl halides is 7. The molecule has 0 heterocycles. The molecule has 0 aromatic carbocycles. The molecule has 2 nitrogen and oxygen atoms in total. The Morgan fingerprint density at radius 2 is 1.56 bits per heavy atom. The van der Waals surface area contributed by atoms with E-state index in [1.54, 1.807) is 0 Å². The fourth-order valence-electron chi connectivity index (χ4n) is 0.680. The molecule has 0 spiro atoms. The van der Waals surface area contributed by atoms with Gasteiger partial charge < -0.3 is 0 Å². The molecular formula is C8H10F7NOS. The summed E-state index contributed by atoms with van der Waals surface area (Å²) in [6.07, 6.45) is -5.49. The summed E-state index contributed by atoms with van der Waals surface area (Å²) < 4.78 is 99.3. The predicted molar refractivity (Wildman–Crippen MR) is 52.3 cm³/mol.